The predicted octanol–water partition coefficient (Wildman–Crippen LogP) is 1.20. The van der Waals surface area contributed by atoms with Crippen molar-refractivity contribution in [2.45, 2.75) is 57.1 Å². The van der Waals surface area contributed by atoms with Crippen LogP contribution in [-0.2, 0) is 10.2 Å². The van der Waals surface area contributed by atoms with Gasteiger partial charge >= 0.3 is 0 Å². The van der Waals surface area contributed by atoms with E-state index in [0.717, 1.165) is 38.5 Å². The minimum Gasteiger partial charge on any atom is -0.393 e. The van der Waals surface area contributed by atoms with Gasteiger partial charge in [0.15, 0.2) is 0 Å². The molecule has 0 radical (unpaired) electrons. The first-order chi connectivity index (χ1) is 8.91. The fourth-order valence-electron chi connectivity index (χ4n) is 3.16. The van der Waals surface area contributed by atoms with E-state index >= 15 is 0 Å². The summed E-state index contributed by atoms with van der Waals surface area (Å²) in [7, 11) is 0.0156. The van der Waals surface area contributed by atoms with Crippen molar-refractivity contribution in [3.8, 4) is 0 Å². The largest absolute Gasteiger partial charge is 0.393 e. The van der Waals surface area contributed by atoms with Crippen molar-refractivity contribution in [2.24, 2.45) is 5.92 Å². The average molecular weight is 290 g/mol. The van der Waals surface area contributed by atoms with Gasteiger partial charge in [-0.25, -0.2) is 0 Å². The van der Waals surface area contributed by atoms with Crippen LogP contribution in [0.3, 0.4) is 0 Å². The van der Waals surface area contributed by atoms with E-state index in [-0.39, 0.29) is 12.1 Å². The van der Waals surface area contributed by atoms with Crippen LogP contribution in [-0.4, -0.2) is 54.9 Å². The molecule has 112 valence electrons. The Kier molecular flexibility index (Phi) is 4.87. The predicted molar refractivity (Wildman–Crippen MR) is 74.9 cm³/mol. The normalized spacial score (nSPS) is 29.7. The van der Waals surface area contributed by atoms with E-state index < -0.39 is 10.2 Å². The smallest absolute Gasteiger partial charge is 0.281 e. The third-order valence-electron chi connectivity index (χ3n) is 4.57. The Morgan fingerprint density at radius 1 is 1.11 bits per heavy atom. The van der Waals surface area contributed by atoms with Crippen LogP contribution in [0, 0.1) is 5.92 Å². The highest BCUT2D eigenvalue weighted by Crippen LogP contribution is 2.29. The molecule has 1 N–H and O–H groups in total. The number of aliphatic hydroxyl groups excluding tert-OH is 1. The first kappa shape index (κ1) is 15.2. The van der Waals surface area contributed by atoms with E-state index in [4.69, 9.17) is 0 Å². The molecule has 0 aromatic carbocycles. The molecule has 0 bridgehead atoms. The summed E-state index contributed by atoms with van der Waals surface area (Å²) < 4.78 is 28.0. The summed E-state index contributed by atoms with van der Waals surface area (Å²) in [5.74, 6) is 0.314. The Hall–Kier alpha value is -0.170. The van der Waals surface area contributed by atoms with Gasteiger partial charge in [0.25, 0.3) is 10.2 Å². The molecule has 2 aliphatic rings. The zero-order valence-corrected chi connectivity index (χ0v) is 12.8. The number of aliphatic hydroxyl groups is 1. The maximum atomic E-state index is 12.5. The molecule has 2 aliphatic carbocycles. The lowest BCUT2D eigenvalue weighted by Crippen LogP contribution is -2.48. The molecule has 0 saturated heterocycles. The van der Waals surface area contributed by atoms with Crippen molar-refractivity contribution in [3.05, 3.63) is 0 Å². The lowest BCUT2D eigenvalue weighted by molar-refractivity contribution is 0.0360. The zero-order chi connectivity index (χ0) is 14.0. The Morgan fingerprint density at radius 3 is 2.21 bits per heavy atom. The molecule has 2 fully saturated rings. The van der Waals surface area contributed by atoms with E-state index in [2.05, 4.69) is 0 Å². The average Bonchev–Trinajstić information content (AvgIpc) is 2.36. The highest BCUT2D eigenvalue weighted by Gasteiger charge is 2.35. The lowest BCUT2D eigenvalue weighted by atomic mass is 9.82. The van der Waals surface area contributed by atoms with E-state index in [1.54, 1.807) is 18.4 Å². The molecule has 0 aromatic rings. The summed E-state index contributed by atoms with van der Waals surface area (Å²) in [6, 6.07) is 0.160. The summed E-state index contributed by atoms with van der Waals surface area (Å²) in [5, 5.41) is 9.27. The zero-order valence-electron chi connectivity index (χ0n) is 12.0. The Morgan fingerprint density at radius 2 is 1.68 bits per heavy atom. The molecule has 0 amide bonds. The van der Waals surface area contributed by atoms with Crippen LogP contribution in [0.15, 0.2) is 0 Å². The van der Waals surface area contributed by atoms with Crippen LogP contribution in [0.5, 0.6) is 0 Å². The van der Waals surface area contributed by atoms with Crippen molar-refractivity contribution in [1.29, 1.82) is 0 Å². The van der Waals surface area contributed by atoms with Crippen LogP contribution >= 0.6 is 0 Å². The van der Waals surface area contributed by atoms with Gasteiger partial charge in [-0.1, -0.05) is 19.3 Å². The van der Waals surface area contributed by atoms with Gasteiger partial charge in [-0.3, -0.25) is 0 Å². The molecule has 0 aliphatic heterocycles. The lowest BCUT2D eigenvalue weighted by Gasteiger charge is -2.37. The topological polar surface area (TPSA) is 60.9 Å². The van der Waals surface area contributed by atoms with Crippen molar-refractivity contribution >= 4 is 10.2 Å². The monoisotopic (exact) mass is 290 g/mol. The van der Waals surface area contributed by atoms with Crippen LogP contribution in [0.1, 0.15) is 44.9 Å². The summed E-state index contributed by atoms with van der Waals surface area (Å²) in [6.07, 6.45) is 6.67. The molecule has 2 saturated carbocycles. The third-order valence-corrected chi connectivity index (χ3v) is 6.54. The molecule has 19 heavy (non-hydrogen) atoms. The van der Waals surface area contributed by atoms with Gasteiger partial charge < -0.3 is 5.11 Å². The molecule has 0 heterocycles. The Bertz CT molecular complexity index is 387. The van der Waals surface area contributed by atoms with Crippen LogP contribution in [0.25, 0.3) is 0 Å². The van der Waals surface area contributed by atoms with Gasteiger partial charge in [0, 0.05) is 26.7 Å². The molecule has 0 aromatic heterocycles. The Labute approximate surface area is 116 Å². The number of rotatable bonds is 5. The van der Waals surface area contributed by atoms with E-state index in [0.29, 0.717) is 12.5 Å². The first-order valence-corrected chi connectivity index (χ1v) is 8.68. The number of nitrogens with zero attached hydrogens (tertiary/aromatic N) is 2. The molecule has 0 spiro atoms. The second-order valence-electron chi connectivity index (χ2n) is 6.09. The van der Waals surface area contributed by atoms with Gasteiger partial charge in [-0.2, -0.15) is 17.0 Å². The van der Waals surface area contributed by atoms with Gasteiger partial charge in [0.05, 0.1) is 6.10 Å². The molecular weight excluding hydrogens is 264 g/mol. The molecule has 5 nitrogen and oxygen atoms in total. The van der Waals surface area contributed by atoms with Crippen LogP contribution in [0.2, 0.25) is 0 Å². The van der Waals surface area contributed by atoms with E-state index in [1.807, 2.05) is 0 Å². The van der Waals surface area contributed by atoms with Gasteiger partial charge in [0.1, 0.15) is 0 Å². The second kappa shape index (κ2) is 6.08. The van der Waals surface area contributed by atoms with Crippen molar-refractivity contribution in [2.75, 3.05) is 20.6 Å². The fourth-order valence-corrected chi connectivity index (χ4v) is 4.59. The maximum Gasteiger partial charge on any atom is 0.281 e. The first-order valence-electron chi connectivity index (χ1n) is 7.28. The van der Waals surface area contributed by atoms with Crippen molar-refractivity contribution in [3.63, 3.8) is 0 Å². The summed E-state index contributed by atoms with van der Waals surface area (Å²) in [6.45, 7) is 0.524. The minimum atomic E-state index is -3.34. The summed E-state index contributed by atoms with van der Waals surface area (Å²) in [5.41, 5.74) is 0. The molecular formula is C13H26N2O3S. The highest BCUT2D eigenvalue weighted by molar-refractivity contribution is 7.86. The quantitative estimate of drug-likeness (QED) is 0.827. The third kappa shape index (κ3) is 3.48. The van der Waals surface area contributed by atoms with Crippen LogP contribution in [0.4, 0.5) is 0 Å². The number of hydrogen-bond donors (Lipinski definition) is 1. The Balaban J connectivity index is 1.91. The summed E-state index contributed by atoms with van der Waals surface area (Å²) >= 11 is 0. The molecule has 6 heteroatoms. The second-order valence-corrected chi connectivity index (χ2v) is 8.18. The maximum absolute atomic E-state index is 12.5. The standard InChI is InChI=1S/C13H26N2O3S/c1-14(10-11-8-13(16)9-11)19(17,18)15(2)12-6-4-3-5-7-12/h11-13,16H,3-10H2,1-2H3. The van der Waals surface area contributed by atoms with Crippen molar-refractivity contribution < 1.29 is 13.5 Å². The van der Waals surface area contributed by atoms with Gasteiger partial charge in [-0.15, -0.1) is 0 Å². The van der Waals surface area contributed by atoms with Crippen molar-refractivity contribution in [1.82, 2.24) is 8.61 Å². The van der Waals surface area contributed by atoms with Crippen LogP contribution < -0.4 is 0 Å². The highest BCUT2D eigenvalue weighted by atomic mass is 32.2. The van der Waals surface area contributed by atoms with Gasteiger partial charge in [0.2, 0.25) is 0 Å². The molecule has 0 unspecified atom stereocenters. The molecule has 0 atom stereocenters. The SMILES string of the molecule is CN(CC1CC(O)C1)S(=O)(=O)N(C)C1CCCCC1. The van der Waals surface area contributed by atoms with E-state index in [1.165, 1.54) is 10.7 Å². The minimum absolute atomic E-state index is 0.160. The summed E-state index contributed by atoms with van der Waals surface area (Å²) in [4.78, 5) is 0. The molecule has 2 rings (SSSR count). The van der Waals surface area contributed by atoms with E-state index in [9.17, 15) is 13.5 Å². The van der Waals surface area contributed by atoms with Gasteiger partial charge in [-0.05, 0) is 31.6 Å². The number of hydrogen-bond acceptors (Lipinski definition) is 3. The fraction of sp³-hybridized carbons (Fsp3) is 1.00.